The summed E-state index contributed by atoms with van der Waals surface area (Å²) in [6, 6.07) is 8.56. The molecule has 0 bridgehead atoms. The largest absolute Gasteiger partial charge is 0.279 e. The number of aryl methyl sites for hydroxylation is 2. The maximum absolute atomic E-state index is 12.5. The van der Waals surface area contributed by atoms with Crippen molar-refractivity contribution in [1.29, 1.82) is 0 Å². The first-order chi connectivity index (χ1) is 9.97. The van der Waals surface area contributed by atoms with E-state index in [4.69, 9.17) is 11.6 Å². The lowest BCUT2D eigenvalue weighted by Crippen LogP contribution is -2.15. The maximum atomic E-state index is 12.5. The monoisotopic (exact) mass is 324 g/mol. The molecular formula is C15H17ClN2O2S. The molecule has 0 aliphatic heterocycles. The minimum absolute atomic E-state index is 0.107. The van der Waals surface area contributed by atoms with Gasteiger partial charge in [-0.25, -0.2) is 13.4 Å². The Labute approximate surface area is 130 Å². The fraction of sp³-hybridized carbons (Fsp3) is 0.267. The zero-order valence-corrected chi connectivity index (χ0v) is 13.5. The predicted molar refractivity (Wildman–Crippen MR) is 85.3 cm³/mol. The second kappa shape index (κ2) is 6.45. The van der Waals surface area contributed by atoms with Crippen LogP contribution >= 0.6 is 11.6 Å². The van der Waals surface area contributed by atoms with Gasteiger partial charge in [-0.2, -0.15) is 0 Å². The number of para-hydroxylation sites is 1. The minimum Gasteiger partial charge on any atom is -0.279 e. The SMILES string of the molecule is CCc1cccc(CC)c1NS(=O)(=O)c1ccnc(Cl)c1. The number of sulfonamides is 1. The Hall–Kier alpha value is -1.59. The van der Waals surface area contributed by atoms with E-state index < -0.39 is 10.0 Å². The molecule has 0 saturated heterocycles. The van der Waals surface area contributed by atoms with E-state index >= 15 is 0 Å². The summed E-state index contributed by atoms with van der Waals surface area (Å²) >= 11 is 5.77. The summed E-state index contributed by atoms with van der Waals surface area (Å²) in [5.41, 5.74) is 2.60. The molecule has 1 aromatic heterocycles. The highest BCUT2D eigenvalue weighted by Crippen LogP contribution is 2.26. The Morgan fingerprint density at radius 2 is 1.76 bits per heavy atom. The normalized spacial score (nSPS) is 11.4. The van der Waals surface area contributed by atoms with Crippen LogP contribution in [0.25, 0.3) is 0 Å². The van der Waals surface area contributed by atoms with Crippen LogP contribution in [0.4, 0.5) is 5.69 Å². The molecule has 0 atom stereocenters. The van der Waals surface area contributed by atoms with Gasteiger partial charge >= 0.3 is 0 Å². The molecule has 4 nitrogen and oxygen atoms in total. The Morgan fingerprint density at radius 1 is 1.14 bits per heavy atom. The van der Waals surface area contributed by atoms with Crippen molar-refractivity contribution in [2.75, 3.05) is 4.72 Å². The standard InChI is InChI=1S/C15H17ClN2O2S/c1-3-11-6-5-7-12(4-2)15(11)18-21(19,20)13-8-9-17-14(16)10-13/h5-10,18H,3-4H2,1-2H3. The number of hydrogen-bond acceptors (Lipinski definition) is 3. The Balaban J connectivity index is 2.46. The molecule has 112 valence electrons. The molecule has 1 heterocycles. The van der Waals surface area contributed by atoms with Gasteiger partial charge in [-0.05, 0) is 36.1 Å². The maximum Gasteiger partial charge on any atom is 0.262 e. The van der Waals surface area contributed by atoms with Crippen LogP contribution in [0.1, 0.15) is 25.0 Å². The van der Waals surface area contributed by atoms with Gasteiger partial charge in [0.15, 0.2) is 0 Å². The third kappa shape index (κ3) is 3.54. The van der Waals surface area contributed by atoms with Gasteiger partial charge in [0.05, 0.1) is 10.6 Å². The number of hydrogen-bond donors (Lipinski definition) is 1. The summed E-state index contributed by atoms with van der Waals surface area (Å²) < 4.78 is 27.7. The van der Waals surface area contributed by atoms with Gasteiger partial charge in [-0.15, -0.1) is 0 Å². The molecule has 0 fully saturated rings. The Bertz CT molecular complexity index is 723. The van der Waals surface area contributed by atoms with E-state index in [2.05, 4.69) is 9.71 Å². The van der Waals surface area contributed by atoms with E-state index in [0.29, 0.717) is 5.69 Å². The van der Waals surface area contributed by atoms with Crippen LogP contribution in [-0.4, -0.2) is 13.4 Å². The van der Waals surface area contributed by atoms with Crippen molar-refractivity contribution < 1.29 is 8.42 Å². The highest BCUT2D eigenvalue weighted by molar-refractivity contribution is 7.92. The van der Waals surface area contributed by atoms with E-state index in [1.54, 1.807) is 0 Å². The van der Waals surface area contributed by atoms with Gasteiger partial charge in [0, 0.05) is 6.20 Å². The molecular weight excluding hydrogens is 308 g/mol. The molecule has 1 N–H and O–H groups in total. The van der Waals surface area contributed by atoms with Crippen LogP contribution in [0.15, 0.2) is 41.4 Å². The van der Waals surface area contributed by atoms with Crippen molar-refractivity contribution >= 4 is 27.3 Å². The zero-order valence-electron chi connectivity index (χ0n) is 11.9. The zero-order chi connectivity index (χ0) is 15.5. The molecule has 1 aromatic carbocycles. The average Bonchev–Trinajstić information content (AvgIpc) is 2.47. The first-order valence-corrected chi connectivity index (χ1v) is 8.59. The quantitative estimate of drug-likeness (QED) is 0.854. The van der Waals surface area contributed by atoms with Gasteiger partial charge < -0.3 is 0 Å². The number of halogens is 1. The van der Waals surface area contributed by atoms with Crippen molar-refractivity contribution in [3.05, 3.63) is 52.8 Å². The summed E-state index contributed by atoms with van der Waals surface area (Å²) in [6.07, 6.45) is 2.88. The fourth-order valence-corrected chi connectivity index (χ4v) is 3.51. The molecule has 0 spiro atoms. The van der Waals surface area contributed by atoms with Crippen LogP contribution in [-0.2, 0) is 22.9 Å². The van der Waals surface area contributed by atoms with Gasteiger partial charge in [-0.1, -0.05) is 43.6 Å². The third-order valence-electron chi connectivity index (χ3n) is 3.24. The van der Waals surface area contributed by atoms with Crippen LogP contribution in [0, 0.1) is 0 Å². The molecule has 0 saturated carbocycles. The third-order valence-corrected chi connectivity index (χ3v) is 4.80. The van der Waals surface area contributed by atoms with E-state index in [1.165, 1.54) is 18.3 Å². The lowest BCUT2D eigenvalue weighted by atomic mass is 10.0. The number of nitrogens with zero attached hydrogens (tertiary/aromatic N) is 1. The molecule has 21 heavy (non-hydrogen) atoms. The summed E-state index contributed by atoms with van der Waals surface area (Å²) in [5, 5.41) is 0.150. The first-order valence-electron chi connectivity index (χ1n) is 6.73. The highest BCUT2D eigenvalue weighted by atomic mass is 35.5. The van der Waals surface area contributed by atoms with E-state index in [9.17, 15) is 8.42 Å². The van der Waals surface area contributed by atoms with Gasteiger partial charge in [0.25, 0.3) is 10.0 Å². The smallest absolute Gasteiger partial charge is 0.262 e. The summed E-state index contributed by atoms with van der Waals surface area (Å²) in [4.78, 5) is 3.91. The van der Waals surface area contributed by atoms with Crippen LogP contribution in [0.2, 0.25) is 5.15 Å². The van der Waals surface area contributed by atoms with Crippen molar-refractivity contribution in [3.8, 4) is 0 Å². The summed E-state index contributed by atoms with van der Waals surface area (Å²) in [7, 11) is -3.68. The van der Waals surface area contributed by atoms with Gasteiger partial charge in [-0.3, -0.25) is 4.72 Å². The van der Waals surface area contributed by atoms with Crippen LogP contribution < -0.4 is 4.72 Å². The molecule has 0 amide bonds. The molecule has 6 heteroatoms. The Kier molecular flexibility index (Phi) is 4.85. The van der Waals surface area contributed by atoms with Crippen molar-refractivity contribution in [2.45, 2.75) is 31.6 Å². The lowest BCUT2D eigenvalue weighted by Gasteiger charge is -2.15. The number of anilines is 1. The second-order valence-electron chi connectivity index (χ2n) is 4.58. The van der Waals surface area contributed by atoms with Crippen molar-refractivity contribution in [3.63, 3.8) is 0 Å². The van der Waals surface area contributed by atoms with E-state index in [1.807, 2.05) is 32.0 Å². The molecule has 2 rings (SSSR count). The topological polar surface area (TPSA) is 59.1 Å². The van der Waals surface area contributed by atoms with Crippen LogP contribution in [0.3, 0.4) is 0 Å². The molecule has 2 aromatic rings. The van der Waals surface area contributed by atoms with Gasteiger partial charge in [0.2, 0.25) is 0 Å². The van der Waals surface area contributed by atoms with Crippen molar-refractivity contribution in [1.82, 2.24) is 4.98 Å². The second-order valence-corrected chi connectivity index (χ2v) is 6.65. The Morgan fingerprint density at radius 3 is 2.29 bits per heavy atom. The van der Waals surface area contributed by atoms with Crippen molar-refractivity contribution in [2.24, 2.45) is 0 Å². The first kappa shape index (κ1) is 15.8. The molecule has 0 radical (unpaired) electrons. The predicted octanol–water partition coefficient (Wildman–Crippen LogP) is 3.66. The summed E-state index contributed by atoms with van der Waals surface area (Å²) in [5.74, 6) is 0. The highest BCUT2D eigenvalue weighted by Gasteiger charge is 2.18. The molecule has 0 unspecified atom stereocenters. The number of pyridine rings is 1. The average molecular weight is 325 g/mol. The van der Waals surface area contributed by atoms with Crippen LogP contribution in [0.5, 0.6) is 0 Å². The number of benzene rings is 1. The fourth-order valence-electron chi connectivity index (χ4n) is 2.12. The number of aromatic nitrogens is 1. The molecule has 0 aliphatic carbocycles. The van der Waals surface area contributed by atoms with E-state index in [-0.39, 0.29) is 10.0 Å². The van der Waals surface area contributed by atoms with Gasteiger partial charge in [0.1, 0.15) is 5.15 Å². The number of rotatable bonds is 5. The number of nitrogens with one attached hydrogen (secondary N) is 1. The van der Waals surface area contributed by atoms with E-state index in [0.717, 1.165) is 24.0 Å². The minimum atomic E-state index is -3.68. The molecule has 0 aliphatic rings. The summed E-state index contributed by atoms with van der Waals surface area (Å²) in [6.45, 7) is 3.99. The lowest BCUT2D eigenvalue weighted by molar-refractivity contribution is 0.601.